The van der Waals surface area contributed by atoms with E-state index in [2.05, 4.69) is 31.8 Å². The Bertz CT molecular complexity index is 925. The Balaban J connectivity index is 1.27. The molecule has 2 amide bonds. The Morgan fingerprint density at radius 2 is 1.87 bits per heavy atom. The van der Waals surface area contributed by atoms with E-state index in [-0.39, 0.29) is 23.5 Å². The van der Waals surface area contributed by atoms with Crippen molar-refractivity contribution in [1.82, 2.24) is 15.5 Å². The Morgan fingerprint density at radius 3 is 2.55 bits per heavy atom. The lowest BCUT2D eigenvalue weighted by Crippen LogP contribution is -2.44. The first-order valence-electron chi connectivity index (χ1n) is 10.9. The smallest absolute Gasteiger partial charge is 0.234 e. The molecule has 0 spiro atoms. The van der Waals surface area contributed by atoms with Crippen molar-refractivity contribution in [3.63, 3.8) is 0 Å². The standard InChI is InChI=1S/C23H29N5O2S/c1-15-10-16(2)12-19(11-15)24-21(29)14-31-22-8-7-20(26-27-22)28-9-3-4-17(13-28)23(30)25-18-5-6-18/h7-8,10-12,17-18H,3-6,9,13-14H2,1-2H3,(H,24,29)(H,25,30). The van der Waals surface area contributed by atoms with Gasteiger partial charge in [0, 0.05) is 24.8 Å². The number of nitrogens with zero attached hydrogens (tertiary/aromatic N) is 3. The van der Waals surface area contributed by atoms with Gasteiger partial charge in [0.15, 0.2) is 5.82 Å². The molecule has 2 aliphatic rings. The molecular formula is C23H29N5O2S. The fourth-order valence-corrected chi connectivity index (χ4v) is 4.50. The van der Waals surface area contributed by atoms with Gasteiger partial charge < -0.3 is 15.5 Å². The summed E-state index contributed by atoms with van der Waals surface area (Å²) < 4.78 is 0. The van der Waals surface area contributed by atoms with Crippen LogP contribution in [-0.2, 0) is 9.59 Å². The number of rotatable bonds is 7. The molecular weight excluding hydrogens is 410 g/mol. The molecule has 0 radical (unpaired) electrons. The first-order chi connectivity index (χ1) is 15.0. The van der Waals surface area contributed by atoms with E-state index in [4.69, 9.17) is 0 Å². The number of hydrogen-bond acceptors (Lipinski definition) is 6. The van der Waals surface area contributed by atoms with E-state index >= 15 is 0 Å². The summed E-state index contributed by atoms with van der Waals surface area (Å²) in [6.45, 7) is 5.59. The molecule has 0 bridgehead atoms. The second-order valence-electron chi connectivity index (χ2n) is 8.51. The Kier molecular flexibility index (Phi) is 6.75. The summed E-state index contributed by atoms with van der Waals surface area (Å²) in [4.78, 5) is 26.8. The SMILES string of the molecule is Cc1cc(C)cc(NC(=O)CSc2ccc(N3CCCC(C(=O)NC4CC4)C3)nn2)c1. The van der Waals surface area contributed by atoms with Crippen molar-refractivity contribution in [3.8, 4) is 0 Å². The zero-order valence-electron chi connectivity index (χ0n) is 18.1. The first kappa shape index (κ1) is 21.6. The van der Waals surface area contributed by atoms with Gasteiger partial charge in [-0.2, -0.15) is 0 Å². The van der Waals surface area contributed by atoms with Gasteiger partial charge in [-0.15, -0.1) is 10.2 Å². The summed E-state index contributed by atoms with van der Waals surface area (Å²) in [6.07, 6.45) is 4.11. The van der Waals surface area contributed by atoms with Crippen molar-refractivity contribution in [2.45, 2.75) is 50.6 Å². The van der Waals surface area contributed by atoms with Crippen molar-refractivity contribution in [2.24, 2.45) is 5.92 Å². The number of thioether (sulfide) groups is 1. The molecule has 1 atom stereocenters. The van der Waals surface area contributed by atoms with Crippen LogP contribution in [0.3, 0.4) is 0 Å². The summed E-state index contributed by atoms with van der Waals surface area (Å²) in [5.74, 6) is 1.17. The highest BCUT2D eigenvalue weighted by molar-refractivity contribution is 7.99. The topological polar surface area (TPSA) is 87.2 Å². The molecule has 1 saturated carbocycles. The normalized spacial score (nSPS) is 18.5. The fourth-order valence-electron chi connectivity index (χ4n) is 3.89. The molecule has 1 aromatic heterocycles. The van der Waals surface area contributed by atoms with E-state index < -0.39 is 0 Å². The number of aromatic nitrogens is 2. The van der Waals surface area contributed by atoms with Crippen molar-refractivity contribution < 1.29 is 9.59 Å². The van der Waals surface area contributed by atoms with Crippen LogP contribution in [0.5, 0.6) is 0 Å². The molecule has 7 nitrogen and oxygen atoms in total. The van der Waals surface area contributed by atoms with E-state index in [1.165, 1.54) is 11.8 Å². The van der Waals surface area contributed by atoms with Crippen LogP contribution >= 0.6 is 11.8 Å². The van der Waals surface area contributed by atoms with Crippen LogP contribution in [0.2, 0.25) is 0 Å². The van der Waals surface area contributed by atoms with Gasteiger partial charge in [0.05, 0.1) is 11.7 Å². The maximum atomic E-state index is 12.4. The minimum Gasteiger partial charge on any atom is -0.354 e. The highest BCUT2D eigenvalue weighted by Gasteiger charge is 2.30. The number of carbonyl (C=O) groups excluding carboxylic acids is 2. The monoisotopic (exact) mass is 439 g/mol. The van der Waals surface area contributed by atoms with Gasteiger partial charge in [0.25, 0.3) is 0 Å². The van der Waals surface area contributed by atoms with Crippen LogP contribution in [0.15, 0.2) is 35.4 Å². The van der Waals surface area contributed by atoms with Crippen molar-refractivity contribution in [2.75, 3.05) is 29.1 Å². The summed E-state index contributed by atoms with van der Waals surface area (Å²) in [7, 11) is 0. The summed E-state index contributed by atoms with van der Waals surface area (Å²) in [5.41, 5.74) is 3.05. The van der Waals surface area contributed by atoms with Crippen LogP contribution in [0, 0.1) is 19.8 Å². The van der Waals surface area contributed by atoms with Crippen LogP contribution in [0.25, 0.3) is 0 Å². The average Bonchev–Trinajstić information content (AvgIpc) is 3.56. The predicted octanol–water partition coefficient (Wildman–Crippen LogP) is 3.32. The molecule has 1 saturated heterocycles. The van der Waals surface area contributed by atoms with E-state index in [0.29, 0.717) is 17.6 Å². The second-order valence-corrected chi connectivity index (χ2v) is 9.51. The maximum Gasteiger partial charge on any atom is 0.234 e. The number of hydrogen-bond donors (Lipinski definition) is 2. The highest BCUT2D eigenvalue weighted by atomic mass is 32.2. The summed E-state index contributed by atoms with van der Waals surface area (Å²) in [6, 6.07) is 10.2. The number of amides is 2. The summed E-state index contributed by atoms with van der Waals surface area (Å²) in [5, 5.41) is 15.4. The van der Waals surface area contributed by atoms with E-state index in [0.717, 1.165) is 54.9 Å². The predicted molar refractivity (Wildman–Crippen MR) is 123 cm³/mol. The number of benzene rings is 1. The third-order valence-electron chi connectivity index (χ3n) is 5.52. The number of aryl methyl sites for hydroxylation is 2. The highest BCUT2D eigenvalue weighted by Crippen LogP contribution is 2.25. The van der Waals surface area contributed by atoms with Gasteiger partial charge >= 0.3 is 0 Å². The van der Waals surface area contributed by atoms with E-state index in [1.54, 1.807) is 0 Å². The van der Waals surface area contributed by atoms with Gasteiger partial charge in [-0.25, -0.2) is 0 Å². The van der Waals surface area contributed by atoms with E-state index in [1.807, 2.05) is 38.1 Å². The molecule has 8 heteroatoms. The molecule has 164 valence electrons. The van der Waals surface area contributed by atoms with Crippen molar-refractivity contribution >= 4 is 35.1 Å². The molecule has 2 N–H and O–H groups in total. The number of piperidine rings is 1. The van der Waals surface area contributed by atoms with Crippen molar-refractivity contribution in [3.05, 3.63) is 41.5 Å². The number of anilines is 2. The Morgan fingerprint density at radius 1 is 1.10 bits per heavy atom. The molecule has 1 unspecified atom stereocenters. The lowest BCUT2D eigenvalue weighted by molar-refractivity contribution is -0.125. The Labute approximate surface area is 187 Å². The van der Waals surface area contributed by atoms with Crippen LogP contribution in [0.1, 0.15) is 36.8 Å². The van der Waals surface area contributed by atoms with Gasteiger partial charge in [-0.1, -0.05) is 17.8 Å². The van der Waals surface area contributed by atoms with E-state index in [9.17, 15) is 9.59 Å². The lowest BCUT2D eigenvalue weighted by Gasteiger charge is -2.32. The number of carbonyl (C=O) groups is 2. The van der Waals surface area contributed by atoms with Crippen molar-refractivity contribution in [1.29, 1.82) is 0 Å². The fraction of sp³-hybridized carbons (Fsp3) is 0.478. The maximum absolute atomic E-state index is 12.4. The average molecular weight is 440 g/mol. The third-order valence-corrected chi connectivity index (χ3v) is 6.44. The van der Waals surface area contributed by atoms with Crippen LogP contribution in [0.4, 0.5) is 11.5 Å². The third kappa shape index (κ3) is 6.19. The largest absolute Gasteiger partial charge is 0.354 e. The van der Waals surface area contributed by atoms with Gasteiger partial charge in [0.2, 0.25) is 11.8 Å². The second kappa shape index (κ2) is 9.68. The van der Waals surface area contributed by atoms with Crippen LogP contribution < -0.4 is 15.5 Å². The molecule has 1 aromatic carbocycles. The van der Waals surface area contributed by atoms with Gasteiger partial charge in [-0.05, 0) is 74.9 Å². The molecule has 1 aliphatic heterocycles. The quantitative estimate of drug-likeness (QED) is 0.644. The molecule has 2 aromatic rings. The number of nitrogens with one attached hydrogen (secondary N) is 2. The zero-order chi connectivity index (χ0) is 21.8. The van der Waals surface area contributed by atoms with Gasteiger partial charge in [0.1, 0.15) is 5.03 Å². The molecule has 1 aliphatic carbocycles. The minimum atomic E-state index is -0.0681. The summed E-state index contributed by atoms with van der Waals surface area (Å²) >= 11 is 1.36. The first-order valence-corrected chi connectivity index (χ1v) is 11.8. The lowest BCUT2D eigenvalue weighted by atomic mass is 9.97. The molecule has 31 heavy (non-hydrogen) atoms. The molecule has 2 heterocycles. The minimum absolute atomic E-state index is 0.0131. The molecule has 2 fully saturated rings. The zero-order valence-corrected chi connectivity index (χ0v) is 18.9. The Hall–Kier alpha value is -2.61. The van der Waals surface area contributed by atoms with Crippen LogP contribution in [-0.4, -0.2) is 46.9 Å². The molecule has 4 rings (SSSR count). The van der Waals surface area contributed by atoms with Gasteiger partial charge in [-0.3, -0.25) is 9.59 Å².